The molecule has 7 nitrogen and oxygen atoms in total. The smallest absolute Gasteiger partial charge is 0.269 e. The lowest BCUT2D eigenvalue weighted by Gasteiger charge is -2.08. The zero-order valence-electron chi connectivity index (χ0n) is 13.3. The highest BCUT2D eigenvalue weighted by molar-refractivity contribution is 7.99. The molecule has 1 heterocycles. The molecule has 0 spiro atoms. The molecule has 0 atom stereocenters. The zero-order valence-corrected chi connectivity index (χ0v) is 14.1. The molecule has 9 heteroatoms. The first-order chi connectivity index (χ1) is 12.5. The predicted octanol–water partition coefficient (Wildman–Crippen LogP) is 3.65. The molecule has 0 aliphatic rings. The maximum atomic E-state index is 12.9. The van der Waals surface area contributed by atoms with Gasteiger partial charge in [0.25, 0.3) is 5.69 Å². The van der Waals surface area contributed by atoms with Crippen molar-refractivity contribution in [1.29, 1.82) is 0 Å². The summed E-state index contributed by atoms with van der Waals surface area (Å²) >= 11 is 1.22. The monoisotopic (exact) mass is 372 g/mol. The lowest BCUT2D eigenvalue weighted by molar-refractivity contribution is -0.384. The van der Waals surface area contributed by atoms with Gasteiger partial charge in [0, 0.05) is 35.9 Å². The van der Waals surface area contributed by atoms with E-state index in [0.717, 1.165) is 0 Å². The number of anilines is 1. The van der Waals surface area contributed by atoms with Crippen LogP contribution in [0.1, 0.15) is 0 Å². The van der Waals surface area contributed by atoms with Crippen molar-refractivity contribution in [3.8, 4) is 5.69 Å². The summed E-state index contributed by atoms with van der Waals surface area (Å²) in [5.41, 5.74) is 1.21. The molecule has 132 valence electrons. The van der Waals surface area contributed by atoms with Crippen molar-refractivity contribution in [2.45, 2.75) is 5.16 Å². The van der Waals surface area contributed by atoms with Crippen LogP contribution in [0.4, 0.5) is 15.8 Å². The van der Waals surface area contributed by atoms with Crippen LogP contribution in [-0.2, 0) is 4.79 Å². The molecule has 0 radical (unpaired) electrons. The molecule has 1 aromatic heterocycles. The van der Waals surface area contributed by atoms with Gasteiger partial charge in [-0.25, -0.2) is 9.37 Å². The van der Waals surface area contributed by atoms with E-state index in [2.05, 4.69) is 10.3 Å². The van der Waals surface area contributed by atoms with Crippen LogP contribution in [0.15, 0.2) is 66.1 Å². The van der Waals surface area contributed by atoms with Gasteiger partial charge >= 0.3 is 0 Å². The number of nitro benzene ring substituents is 1. The number of amides is 1. The van der Waals surface area contributed by atoms with Crippen LogP contribution in [0.5, 0.6) is 0 Å². The van der Waals surface area contributed by atoms with Crippen molar-refractivity contribution >= 4 is 29.0 Å². The number of carbonyl (C=O) groups excluding carboxylic acids is 1. The minimum Gasteiger partial charge on any atom is -0.325 e. The zero-order chi connectivity index (χ0) is 18.5. The summed E-state index contributed by atoms with van der Waals surface area (Å²) in [4.78, 5) is 26.5. The van der Waals surface area contributed by atoms with Gasteiger partial charge in [-0.15, -0.1) is 0 Å². The molecule has 26 heavy (non-hydrogen) atoms. The first kappa shape index (κ1) is 17.6. The minimum absolute atomic E-state index is 0.00161. The molecular formula is C17H13FN4O3S. The number of non-ortho nitro benzene ring substituents is 1. The summed E-state index contributed by atoms with van der Waals surface area (Å²) in [5.74, 6) is -0.510. The second-order valence-corrected chi connectivity index (χ2v) is 6.14. The van der Waals surface area contributed by atoms with E-state index in [0.29, 0.717) is 16.5 Å². The van der Waals surface area contributed by atoms with Gasteiger partial charge in [-0.05, 0) is 36.4 Å². The summed E-state index contributed by atoms with van der Waals surface area (Å²) in [7, 11) is 0. The Morgan fingerprint density at radius 1 is 1.19 bits per heavy atom. The van der Waals surface area contributed by atoms with Gasteiger partial charge in [-0.2, -0.15) is 0 Å². The summed E-state index contributed by atoms with van der Waals surface area (Å²) in [6.07, 6.45) is 3.29. The van der Waals surface area contributed by atoms with Crippen LogP contribution in [0.2, 0.25) is 0 Å². The fourth-order valence-corrected chi connectivity index (χ4v) is 2.96. The lowest BCUT2D eigenvalue weighted by Crippen LogP contribution is -2.14. The molecule has 3 rings (SSSR count). The molecule has 0 aliphatic carbocycles. The first-order valence-electron chi connectivity index (χ1n) is 7.49. The molecular weight excluding hydrogens is 359 g/mol. The Kier molecular flexibility index (Phi) is 5.28. The number of nitro groups is 1. The molecule has 1 N–H and O–H groups in total. The van der Waals surface area contributed by atoms with Crippen LogP contribution in [0, 0.1) is 15.9 Å². The van der Waals surface area contributed by atoms with Crippen molar-refractivity contribution in [3.05, 3.63) is 76.9 Å². The van der Waals surface area contributed by atoms with Gasteiger partial charge in [0.15, 0.2) is 5.16 Å². The van der Waals surface area contributed by atoms with Gasteiger partial charge in [0.1, 0.15) is 5.82 Å². The van der Waals surface area contributed by atoms with Crippen molar-refractivity contribution in [1.82, 2.24) is 9.55 Å². The van der Waals surface area contributed by atoms with E-state index in [1.807, 2.05) is 0 Å². The van der Waals surface area contributed by atoms with Crippen molar-refractivity contribution in [2.24, 2.45) is 0 Å². The summed E-state index contributed by atoms with van der Waals surface area (Å²) in [6.45, 7) is 0. The average molecular weight is 372 g/mol. The standard InChI is InChI=1S/C17H13FN4O3S/c18-12-1-3-13(4-2-12)20-16(23)11-26-17-19-9-10-21(17)14-5-7-15(8-6-14)22(24)25/h1-10H,11H2,(H,20,23). The quantitative estimate of drug-likeness (QED) is 0.405. The van der Waals surface area contributed by atoms with Crippen LogP contribution < -0.4 is 5.32 Å². The first-order valence-corrected chi connectivity index (χ1v) is 8.48. The number of benzene rings is 2. The Morgan fingerprint density at radius 2 is 1.88 bits per heavy atom. The van der Waals surface area contributed by atoms with Crippen LogP contribution in [0.3, 0.4) is 0 Å². The highest BCUT2D eigenvalue weighted by Gasteiger charge is 2.11. The molecule has 1 amide bonds. The number of halogens is 1. The SMILES string of the molecule is O=C(CSc1nccn1-c1ccc([N+](=O)[O-])cc1)Nc1ccc(F)cc1. The Labute approximate surface area is 152 Å². The second-order valence-electron chi connectivity index (χ2n) is 5.20. The molecule has 0 bridgehead atoms. The van der Waals surface area contributed by atoms with E-state index in [1.165, 1.54) is 48.2 Å². The van der Waals surface area contributed by atoms with E-state index >= 15 is 0 Å². The Hall–Kier alpha value is -3.20. The Bertz CT molecular complexity index is 926. The molecule has 0 saturated carbocycles. The highest BCUT2D eigenvalue weighted by Crippen LogP contribution is 2.22. The van der Waals surface area contributed by atoms with E-state index in [-0.39, 0.29) is 23.2 Å². The number of aromatic nitrogens is 2. The van der Waals surface area contributed by atoms with E-state index < -0.39 is 4.92 Å². The van der Waals surface area contributed by atoms with Gasteiger partial charge < -0.3 is 5.32 Å². The van der Waals surface area contributed by atoms with E-state index in [1.54, 1.807) is 29.1 Å². The number of nitrogens with zero attached hydrogens (tertiary/aromatic N) is 3. The molecule has 0 unspecified atom stereocenters. The molecule has 3 aromatic rings. The fourth-order valence-electron chi connectivity index (χ4n) is 2.19. The number of nitrogens with one attached hydrogen (secondary N) is 1. The van der Waals surface area contributed by atoms with E-state index in [9.17, 15) is 19.3 Å². The summed E-state index contributed by atoms with van der Waals surface area (Å²) in [5, 5.41) is 14.0. The van der Waals surface area contributed by atoms with Gasteiger partial charge in [-0.1, -0.05) is 11.8 Å². The van der Waals surface area contributed by atoms with Crippen molar-refractivity contribution in [3.63, 3.8) is 0 Å². The highest BCUT2D eigenvalue weighted by atomic mass is 32.2. The normalized spacial score (nSPS) is 10.5. The summed E-state index contributed by atoms with van der Waals surface area (Å²) in [6, 6.07) is 11.5. The van der Waals surface area contributed by atoms with Crippen molar-refractivity contribution in [2.75, 3.05) is 11.1 Å². The number of carbonyl (C=O) groups is 1. The van der Waals surface area contributed by atoms with Crippen LogP contribution in [-0.4, -0.2) is 26.1 Å². The molecule has 0 saturated heterocycles. The maximum Gasteiger partial charge on any atom is 0.269 e. The third kappa shape index (κ3) is 4.25. The van der Waals surface area contributed by atoms with Gasteiger partial charge in [-0.3, -0.25) is 19.5 Å². The van der Waals surface area contributed by atoms with Crippen molar-refractivity contribution < 1.29 is 14.1 Å². The molecule has 0 aliphatic heterocycles. The van der Waals surface area contributed by atoms with Gasteiger partial charge in [0.05, 0.1) is 10.7 Å². The van der Waals surface area contributed by atoms with Crippen LogP contribution in [0.25, 0.3) is 5.69 Å². The third-order valence-electron chi connectivity index (χ3n) is 3.41. The molecule has 2 aromatic carbocycles. The van der Waals surface area contributed by atoms with E-state index in [4.69, 9.17) is 0 Å². The maximum absolute atomic E-state index is 12.9. The number of hydrogen-bond donors (Lipinski definition) is 1. The molecule has 0 fully saturated rings. The fraction of sp³-hybridized carbons (Fsp3) is 0.0588. The average Bonchev–Trinajstić information content (AvgIpc) is 3.10. The Morgan fingerprint density at radius 3 is 2.54 bits per heavy atom. The number of hydrogen-bond acceptors (Lipinski definition) is 5. The number of imidazole rings is 1. The topological polar surface area (TPSA) is 90.1 Å². The summed E-state index contributed by atoms with van der Waals surface area (Å²) < 4.78 is 14.6. The second kappa shape index (κ2) is 7.79. The number of thioether (sulfide) groups is 1. The third-order valence-corrected chi connectivity index (χ3v) is 4.37. The largest absolute Gasteiger partial charge is 0.325 e. The number of rotatable bonds is 6. The lowest BCUT2D eigenvalue weighted by atomic mass is 10.3. The minimum atomic E-state index is -0.465. The Balaban J connectivity index is 1.64. The van der Waals surface area contributed by atoms with Gasteiger partial charge in [0.2, 0.25) is 5.91 Å². The van der Waals surface area contributed by atoms with Crippen LogP contribution >= 0.6 is 11.8 Å². The predicted molar refractivity (Wildman–Crippen MR) is 96.0 cm³/mol.